The maximum absolute atomic E-state index is 12.0. The monoisotopic (exact) mass is 302 g/mol. The zero-order valence-electron chi connectivity index (χ0n) is 12.6. The van der Waals surface area contributed by atoms with Crippen molar-refractivity contribution in [1.82, 2.24) is 9.80 Å². The van der Waals surface area contributed by atoms with Crippen molar-refractivity contribution in [3.63, 3.8) is 0 Å². The SMILES string of the molecule is CO[C@H]1CN(C(=O)CCCN2CCCC2)C[C@@H]1O.O=CO. The summed E-state index contributed by atoms with van der Waals surface area (Å²) in [5.74, 6) is 0.146. The highest BCUT2D eigenvalue weighted by molar-refractivity contribution is 5.76. The van der Waals surface area contributed by atoms with Crippen molar-refractivity contribution in [1.29, 1.82) is 0 Å². The summed E-state index contributed by atoms with van der Waals surface area (Å²) in [6.07, 6.45) is 3.34. The third-order valence-corrected chi connectivity index (χ3v) is 3.96. The fraction of sp³-hybridized carbons (Fsp3) is 0.857. The van der Waals surface area contributed by atoms with Crippen LogP contribution in [0.1, 0.15) is 25.7 Å². The zero-order chi connectivity index (χ0) is 15.7. The normalized spacial score (nSPS) is 25.5. The van der Waals surface area contributed by atoms with Crippen molar-refractivity contribution in [2.75, 3.05) is 39.8 Å². The number of ether oxygens (including phenoxy) is 1. The van der Waals surface area contributed by atoms with Gasteiger partial charge in [0, 0.05) is 26.6 Å². The summed E-state index contributed by atoms with van der Waals surface area (Å²) in [5.41, 5.74) is 0. The number of methoxy groups -OCH3 is 1. The molecule has 0 bridgehead atoms. The molecular formula is C14H26N2O5. The number of rotatable bonds is 5. The number of aliphatic hydroxyl groups is 1. The van der Waals surface area contributed by atoms with Crippen LogP contribution in [0.15, 0.2) is 0 Å². The Morgan fingerprint density at radius 2 is 1.95 bits per heavy atom. The second-order valence-corrected chi connectivity index (χ2v) is 5.40. The van der Waals surface area contributed by atoms with Gasteiger partial charge in [0.15, 0.2) is 0 Å². The number of likely N-dealkylation sites (tertiary alicyclic amines) is 2. The average Bonchev–Trinajstić information content (AvgIpc) is 3.09. The van der Waals surface area contributed by atoms with Gasteiger partial charge >= 0.3 is 0 Å². The molecule has 0 unspecified atom stereocenters. The molecule has 0 aromatic heterocycles. The van der Waals surface area contributed by atoms with Crippen molar-refractivity contribution < 1.29 is 24.5 Å². The molecule has 21 heavy (non-hydrogen) atoms. The second kappa shape index (κ2) is 9.70. The predicted molar refractivity (Wildman–Crippen MR) is 77.0 cm³/mol. The first-order chi connectivity index (χ1) is 10.1. The van der Waals surface area contributed by atoms with Crippen LogP contribution in [0.5, 0.6) is 0 Å². The standard InChI is InChI=1S/C13H24N2O3.CH2O2/c1-18-12-10-15(9-11(12)16)13(17)5-4-8-14-6-2-3-7-14;2-1-3/h11-12,16H,2-10H2,1H3;1H,(H,2,3)/t11-,12-;/m0./s1. The Bertz CT molecular complexity index is 320. The van der Waals surface area contributed by atoms with E-state index in [0.717, 1.165) is 13.0 Å². The van der Waals surface area contributed by atoms with E-state index in [-0.39, 0.29) is 18.5 Å². The summed E-state index contributed by atoms with van der Waals surface area (Å²) in [6.45, 7) is 4.09. The highest BCUT2D eigenvalue weighted by Crippen LogP contribution is 2.15. The van der Waals surface area contributed by atoms with Crippen LogP contribution in [0.25, 0.3) is 0 Å². The Hall–Kier alpha value is -1.18. The number of nitrogens with zero attached hydrogens (tertiary/aromatic N) is 2. The van der Waals surface area contributed by atoms with Crippen LogP contribution in [-0.4, -0.2) is 84.4 Å². The molecule has 0 spiro atoms. The number of hydrogen-bond donors (Lipinski definition) is 2. The van der Waals surface area contributed by atoms with Crippen LogP contribution < -0.4 is 0 Å². The van der Waals surface area contributed by atoms with Gasteiger partial charge in [-0.05, 0) is 38.9 Å². The van der Waals surface area contributed by atoms with Crippen LogP contribution in [-0.2, 0) is 14.3 Å². The first-order valence-electron chi connectivity index (χ1n) is 7.41. The molecule has 0 aromatic carbocycles. The number of carbonyl (C=O) groups is 2. The minimum atomic E-state index is -0.530. The van der Waals surface area contributed by atoms with Crippen molar-refractivity contribution >= 4 is 12.4 Å². The van der Waals surface area contributed by atoms with E-state index >= 15 is 0 Å². The molecule has 2 N–H and O–H groups in total. The maximum Gasteiger partial charge on any atom is 0.290 e. The van der Waals surface area contributed by atoms with E-state index in [1.807, 2.05) is 0 Å². The topological polar surface area (TPSA) is 90.3 Å². The van der Waals surface area contributed by atoms with Gasteiger partial charge in [0.1, 0.15) is 6.10 Å². The molecule has 0 saturated carbocycles. The number of β-amino-alcohol motifs (C(OH)–C–C–N with tert-alkyl or cyclic N) is 1. The molecule has 0 radical (unpaired) electrons. The molecule has 2 aliphatic heterocycles. The predicted octanol–water partition coefficient (Wildman–Crippen LogP) is -0.219. The van der Waals surface area contributed by atoms with Gasteiger partial charge in [0.25, 0.3) is 6.47 Å². The molecule has 1 amide bonds. The minimum Gasteiger partial charge on any atom is -0.483 e. The number of aliphatic hydroxyl groups excluding tert-OH is 1. The van der Waals surface area contributed by atoms with Gasteiger partial charge in [0.05, 0.1) is 6.10 Å². The first kappa shape index (κ1) is 17.9. The molecule has 2 heterocycles. The minimum absolute atomic E-state index is 0.146. The van der Waals surface area contributed by atoms with Crippen LogP contribution >= 0.6 is 0 Å². The molecular weight excluding hydrogens is 276 g/mol. The molecule has 2 saturated heterocycles. The van der Waals surface area contributed by atoms with E-state index in [9.17, 15) is 9.90 Å². The highest BCUT2D eigenvalue weighted by atomic mass is 16.5. The third-order valence-electron chi connectivity index (χ3n) is 3.96. The van der Waals surface area contributed by atoms with Gasteiger partial charge < -0.3 is 24.7 Å². The number of carbonyl (C=O) groups excluding carboxylic acids is 1. The molecule has 122 valence electrons. The Labute approximate surface area is 125 Å². The van der Waals surface area contributed by atoms with Crippen molar-refractivity contribution in [2.45, 2.75) is 37.9 Å². The smallest absolute Gasteiger partial charge is 0.290 e. The molecule has 2 rings (SSSR count). The van der Waals surface area contributed by atoms with Gasteiger partial charge in [-0.3, -0.25) is 9.59 Å². The zero-order valence-corrected chi connectivity index (χ0v) is 12.6. The Kier molecular flexibility index (Phi) is 8.26. The van der Waals surface area contributed by atoms with Crippen molar-refractivity contribution in [3.05, 3.63) is 0 Å². The van der Waals surface area contributed by atoms with Crippen LogP contribution in [0.2, 0.25) is 0 Å². The molecule has 2 aliphatic rings. The largest absolute Gasteiger partial charge is 0.483 e. The van der Waals surface area contributed by atoms with E-state index in [0.29, 0.717) is 19.5 Å². The third kappa shape index (κ3) is 5.99. The van der Waals surface area contributed by atoms with Crippen LogP contribution in [0, 0.1) is 0 Å². The Morgan fingerprint density at radius 1 is 1.33 bits per heavy atom. The molecule has 7 nitrogen and oxygen atoms in total. The van der Waals surface area contributed by atoms with Gasteiger partial charge in [0.2, 0.25) is 5.91 Å². The fourth-order valence-corrected chi connectivity index (χ4v) is 2.81. The van der Waals surface area contributed by atoms with E-state index in [1.54, 1.807) is 12.0 Å². The molecule has 2 fully saturated rings. The number of hydrogen-bond acceptors (Lipinski definition) is 5. The van der Waals surface area contributed by atoms with E-state index in [4.69, 9.17) is 14.6 Å². The van der Waals surface area contributed by atoms with Gasteiger partial charge in [-0.2, -0.15) is 0 Å². The van der Waals surface area contributed by atoms with Gasteiger partial charge in [-0.1, -0.05) is 0 Å². The van der Waals surface area contributed by atoms with Gasteiger partial charge in [-0.25, -0.2) is 0 Å². The number of carboxylic acid groups (broad SMARTS) is 1. The second-order valence-electron chi connectivity index (χ2n) is 5.40. The summed E-state index contributed by atoms with van der Waals surface area (Å²) in [4.78, 5) is 24.5. The molecule has 0 aromatic rings. The van der Waals surface area contributed by atoms with E-state index < -0.39 is 6.10 Å². The van der Waals surface area contributed by atoms with Crippen LogP contribution in [0.3, 0.4) is 0 Å². The lowest BCUT2D eigenvalue weighted by molar-refractivity contribution is -0.131. The fourth-order valence-electron chi connectivity index (χ4n) is 2.81. The lowest BCUT2D eigenvalue weighted by Gasteiger charge is -2.17. The molecule has 2 atom stereocenters. The summed E-state index contributed by atoms with van der Waals surface area (Å²) < 4.78 is 5.14. The maximum atomic E-state index is 12.0. The number of amides is 1. The lowest BCUT2D eigenvalue weighted by Crippen LogP contribution is -2.30. The Morgan fingerprint density at radius 3 is 2.48 bits per heavy atom. The Balaban J connectivity index is 0.000000677. The first-order valence-corrected chi connectivity index (χ1v) is 7.41. The van der Waals surface area contributed by atoms with Crippen molar-refractivity contribution in [2.24, 2.45) is 0 Å². The quantitative estimate of drug-likeness (QED) is 0.683. The average molecular weight is 302 g/mol. The molecule has 7 heteroatoms. The summed E-state index contributed by atoms with van der Waals surface area (Å²) in [6, 6.07) is 0. The van der Waals surface area contributed by atoms with Crippen LogP contribution in [0.4, 0.5) is 0 Å². The van der Waals surface area contributed by atoms with E-state index in [1.165, 1.54) is 25.9 Å². The van der Waals surface area contributed by atoms with Gasteiger partial charge in [-0.15, -0.1) is 0 Å². The summed E-state index contributed by atoms with van der Waals surface area (Å²) in [5, 5.41) is 16.6. The van der Waals surface area contributed by atoms with Crippen molar-refractivity contribution in [3.8, 4) is 0 Å². The molecule has 0 aliphatic carbocycles. The highest BCUT2D eigenvalue weighted by Gasteiger charge is 2.33. The lowest BCUT2D eigenvalue weighted by atomic mass is 10.2. The summed E-state index contributed by atoms with van der Waals surface area (Å²) >= 11 is 0. The van der Waals surface area contributed by atoms with E-state index in [2.05, 4.69) is 4.90 Å². The summed E-state index contributed by atoms with van der Waals surface area (Å²) in [7, 11) is 1.58.